The number of amides is 1. The summed E-state index contributed by atoms with van der Waals surface area (Å²) < 4.78 is 32.3. The number of halogens is 1. The van der Waals surface area contributed by atoms with Gasteiger partial charge in [-0.05, 0) is 61.4 Å². The molecule has 0 bridgehead atoms. The molecule has 1 amide bonds. The molecule has 1 saturated carbocycles. The lowest BCUT2D eigenvalue weighted by Crippen LogP contribution is -2.28. The van der Waals surface area contributed by atoms with Crippen LogP contribution in [0.1, 0.15) is 23.2 Å². The van der Waals surface area contributed by atoms with Crippen molar-refractivity contribution in [2.75, 3.05) is 13.2 Å². The first-order valence-corrected chi connectivity index (χ1v) is 10.1. The second-order valence-corrected chi connectivity index (χ2v) is 8.13. The highest BCUT2D eigenvalue weighted by atomic mass is 35.5. The normalized spacial score (nSPS) is 14.0. The number of nitrogens with one attached hydrogen (secondary N) is 2. The first kappa shape index (κ1) is 18.7. The van der Waals surface area contributed by atoms with Crippen molar-refractivity contribution in [1.29, 1.82) is 0 Å². The van der Waals surface area contributed by atoms with E-state index in [2.05, 4.69) is 10.0 Å². The van der Waals surface area contributed by atoms with Crippen LogP contribution in [-0.2, 0) is 10.0 Å². The van der Waals surface area contributed by atoms with E-state index in [0.717, 1.165) is 12.8 Å². The molecule has 0 atom stereocenters. The molecule has 3 rings (SSSR count). The summed E-state index contributed by atoms with van der Waals surface area (Å²) in [7, 11) is -3.51. The first-order chi connectivity index (χ1) is 12.4. The highest BCUT2D eigenvalue weighted by molar-refractivity contribution is 7.89. The standard InChI is InChI=1S/C18H19ClN2O4S/c19-14-3-7-16(8-4-14)25-12-11-20-18(22)13-1-9-17(10-2-13)26(23,24)21-15-5-6-15/h1-4,7-10,15,21H,5-6,11-12H2,(H,20,22). The van der Waals surface area contributed by atoms with Crippen molar-refractivity contribution >= 4 is 27.5 Å². The molecule has 1 aliphatic rings. The number of carbonyl (C=O) groups excluding carboxylic acids is 1. The molecular formula is C18H19ClN2O4S. The molecule has 1 aliphatic carbocycles. The molecule has 1 fully saturated rings. The highest BCUT2D eigenvalue weighted by Gasteiger charge is 2.27. The third kappa shape index (κ3) is 5.20. The smallest absolute Gasteiger partial charge is 0.251 e. The van der Waals surface area contributed by atoms with Crippen LogP contribution >= 0.6 is 11.6 Å². The maximum Gasteiger partial charge on any atom is 0.251 e. The SMILES string of the molecule is O=C(NCCOc1ccc(Cl)cc1)c1ccc(S(=O)(=O)NC2CC2)cc1. The van der Waals surface area contributed by atoms with Crippen molar-refractivity contribution < 1.29 is 17.9 Å². The van der Waals surface area contributed by atoms with E-state index in [9.17, 15) is 13.2 Å². The molecule has 0 unspecified atom stereocenters. The Hall–Kier alpha value is -2.09. The van der Waals surface area contributed by atoms with Gasteiger partial charge in [0.1, 0.15) is 12.4 Å². The average molecular weight is 395 g/mol. The van der Waals surface area contributed by atoms with E-state index >= 15 is 0 Å². The van der Waals surface area contributed by atoms with E-state index in [4.69, 9.17) is 16.3 Å². The number of sulfonamides is 1. The molecule has 6 nitrogen and oxygen atoms in total. The Kier molecular flexibility index (Phi) is 5.80. The van der Waals surface area contributed by atoms with Crippen LogP contribution in [0.25, 0.3) is 0 Å². The van der Waals surface area contributed by atoms with Gasteiger partial charge in [-0.3, -0.25) is 4.79 Å². The maximum atomic E-state index is 12.1. The molecule has 26 heavy (non-hydrogen) atoms. The van der Waals surface area contributed by atoms with Crippen LogP contribution in [0.15, 0.2) is 53.4 Å². The van der Waals surface area contributed by atoms with Crippen molar-refractivity contribution in [3.05, 3.63) is 59.1 Å². The van der Waals surface area contributed by atoms with Gasteiger partial charge in [0.25, 0.3) is 5.91 Å². The lowest BCUT2D eigenvalue weighted by molar-refractivity contribution is 0.0947. The van der Waals surface area contributed by atoms with Gasteiger partial charge in [0.05, 0.1) is 11.4 Å². The summed E-state index contributed by atoms with van der Waals surface area (Å²) >= 11 is 5.80. The third-order valence-electron chi connectivity index (χ3n) is 3.80. The minimum Gasteiger partial charge on any atom is -0.492 e. The summed E-state index contributed by atoms with van der Waals surface area (Å²) in [6, 6.07) is 12.9. The maximum absolute atomic E-state index is 12.1. The van der Waals surface area contributed by atoms with Gasteiger partial charge in [-0.2, -0.15) is 0 Å². The Balaban J connectivity index is 1.47. The molecule has 2 aromatic rings. The monoisotopic (exact) mass is 394 g/mol. The Morgan fingerprint density at radius 3 is 2.35 bits per heavy atom. The summed E-state index contributed by atoms with van der Waals surface area (Å²) in [5.74, 6) is 0.380. The zero-order valence-electron chi connectivity index (χ0n) is 13.9. The molecule has 0 aliphatic heterocycles. The van der Waals surface area contributed by atoms with Crippen LogP contribution in [0.3, 0.4) is 0 Å². The van der Waals surface area contributed by atoms with Gasteiger partial charge in [0, 0.05) is 16.6 Å². The molecule has 0 aromatic heterocycles. The van der Waals surface area contributed by atoms with Gasteiger partial charge in [-0.1, -0.05) is 11.6 Å². The quantitative estimate of drug-likeness (QED) is 0.674. The predicted molar refractivity (Wildman–Crippen MR) is 99.1 cm³/mol. The number of rotatable bonds is 8. The molecule has 8 heteroatoms. The average Bonchev–Trinajstić information content (AvgIpc) is 3.43. The Morgan fingerprint density at radius 1 is 1.08 bits per heavy atom. The van der Waals surface area contributed by atoms with Crippen LogP contribution in [0.5, 0.6) is 5.75 Å². The summed E-state index contributed by atoms with van der Waals surface area (Å²) in [5.41, 5.74) is 0.391. The van der Waals surface area contributed by atoms with Gasteiger partial charge < -0.3 is 10.1 Å². The lowest BCUT2D eigenvalue weighted by atomic mass is 10.2. The fraction of sp³-hybridized carbons (Fsp3) is 0.278. The largest absolute Gasteiger partial charge is 0.492 e. The number of hydrogen-bond donors (Lipinski definition) is 2. The zero-order valence-corrected chi connectivity index (χ0v) is 15.5. The topological polar surface area (TPSA) is 84.5 Å². The van der Waals surface area contributed by atoms with E-state index in [-0.39, 0.29) is 16.8 Å². The molecule has 0 spiro atoms. The van der Waals surface area contributed by atoms with Gasteiger partial charge in [0.2, 0.25) is 10.0 Å². The van der Waals surface area contributed by atoms with Gasteiger partial charge in [-0.15, -0.1) is 0 Å². The summed E-state index contributed by atoms with van der Waals surface area (Å²) in [5, 5.41) is 3.35. The molecule has 0 saturated heterocycles. The van der Waals surface area contributed by atoms with Crippen molar-refractivity contribution in [2.45, 2.75) is 23.8 Å². The number of benzene rings is 2. The van der Waals surface area contributed by atoms with Gasteiger partial charge in [-0.25, -0.2) is 13.1 Å². The summed E-state index contributed by atoms with van der Waals surface area (Å²) in [6.45, 7) is 0.635. The van der Waals surface area contributed by atoms with E-state index in [1.54, 1.807) is 24.3 Å². The number of ether oxygens (including phenoxy) is 1. The summed E-state index contributed by atoms with van der Waals surface area (Å²) in [6.07, 6.45) is 1.75. The fourth-order valence-corrected chi connectivity index (χ4v) is 3.67. The number of carbonyl (C=O) groups is 1. The van der Waals surface area contributed by atoms with Crippen LogP contribution in [0, 0.1) is 0 Å². The van der Waals surface area contributed by atoms with Crippen LogP contribution in [-0.4, -0.2) is 33.5 Å². The second-order valence-electron chi connectivity index (χ2n) is 5.98. The Morgan fingerprint density at radius 2 is 1.73 bits per heavy atom. The van der Waals surface area contributed by atoms with Crippen LogP contribution < -0.4 is 14.8 Å². The van der Waals surface area contributed by atoms with Crippen molar-refractivity contribution in [2.24, 2.45) is 0 Å². The summed E-state index contributed by atoms with van der Waals surface area (Å²) in [4.78, 5) is 12.3. The Bertz CT molecular complexity index is 863. The molecule has 2 N–H and O–H groups in total. The van der Waals surface area contributed by atoms with Crippen molar-refractivity contribution in [3.8, 4) is 5.75 Å². The fourth-order valence-electron chi connectivity index (χ4n) is 2.24. The van der Waals surface area contributed by atoms with Crippen LogP contribution in [0.2, 0.25) is 5.02 Å². The molecule has 0 heterocycles. The van der Waals surface area contributed by atoms with E-state index < -0.39 is 10.0 Å². The van der Waals surface area contributed by atoms with E-state index in [0.29, 0.717) is 29.5 Å². The van der Waals surface area contributed by atoms with E-state index in [1.165, 1.54) is 24.3 Å². The minimum atomic E-state index is -3.51. The zero-order chi connectivity index (χ0) is 18.6. The van der Waals surface area contributed by atoms with E-state index in [1.807, 2.05) is 0 Å². The van der Waals surface area contributed by atoms with Crippen molar-refractivity contribution in [3.63, 3.8) is 0 Å². The highest BCUT2D eigenvalue weighted by Crippen LogP contribution is 2.22. The lowest BCUT2D eigenvalue weighted by Gasteiger charge is -2.09. The first-order valence-electron chi connectivity index (χ1n) is 8.23. The molecule has 138 valence electrons. The number of hydrogen-bond acceptors (Lipinski definition) is 4. The Labute approximate surface area is 157 Å². The second kappa shape index (κ2) is 8.07. The molecule has 2 aromatic carbocycles. The third-order valence-corrected chi connectivity index (χ3v) is 5.58. The predicted octanol–water partition coefficient (Wildman–Crippen LogP) is 2.59. The molecule has 0 radical (unpaired) electrons. The van der Waals surface area contributed by atoms with Crippen LogP contribution in [0.4, 0.5) is 0 Å². The molecular weight excluding hydrogens is 376 g/mol. The van der Waals surface area contributed by atoms with Gasteiger partial charge >= 0.3 is 0 Å². The van der Waals surface area contributed by atoms with Gasteiger partial charge in [0.15, 0.2) is 0 Å². The van der Waals surface area contributed by atoms with Crippen molar-refractivity contribution in [1.82, 2.24) is 10.0 Å². The minimum absolute atomic E-state index is 0.0450.